The van der Waals surface area contributed by atoms with Crippen molar-refractivity contribution in [2.24, 2.45) is 0 Å². The van der Waals surface area contributed by atoms with Gasteiger partial charge in [0, 0.05) is 11.7 Å². The summed E-state index contributed by atoms with van der Waals surface area (Å²) in [6.07, 6.45) is 1.79. The molecule has 0 saturated heterocycles. The van der Waals surface area contributed by atoms with Crippen LogP contribution in [0.3, 0.4) is 0 Å². The summed E-state index contributed by atoms with van der Waals surface area (Å²) in [5, 5.41) is 2.74. The van der Waals surface area contributed by atoms with E-state index in [1.165, 1.54) is 9.87 Å². The summed E-state index contributed by atoms with van der Waals surface area (Å²) in [6.45, 7) is 7.73. The molecule has 1 atom stereocenters. The summed E-state index contributed by atoms with van der Waals surface area (Å²) in [4.78, 5) is 12.1. The van der Waals surface area contributed by atoms with E-state index in [1.807, 2.05) is 31.2 Å². The third kappa shape index (κ3) is 5.42. The van der Waals surface area contributed by atoms with E-state index in [-0.39, 0.29) is 18.5 Å². The first-order chi connectivity index (χ1) is 10.1. The predicted molar refractivity (Wildman–Crippen MR) is 90.5 cm³/mol. The van der Waals surface area contributed by atoms with Crippen molar-refractivity contribution in [1.82, 2.24) is 4.31 Å². The molecule has 0 aliphatic carbocycles. The molecule has 1 amide bonds. The van der Waals surface area contributed by atoms with Crippen molar-refractivity contribution in [3.63, 3.8) is 0 Å². The number of anilines is 1. The van der Waals surface area contributed by atoms with Crippen LogP contribution in [-0.4, -0.2) is 37.5 Å². The second kappa shape index (κ2) is 7.74. The Morgan fingerprint density at radius 3 is 2.14 bits per heavy atom. The fourth-order valence-electron chi connectivity index (χ4n) is 2.10. The van der Waals surface area contributed by atoms with E-state index in [4.69, 9.17) is 0 Å². The van der Waals surface area contributed by atoms with Crippen LogP contribution in [0.4, 0.5) is 5.69 Å². The van der Waals surface area contributed by atoms with Crippen LogP contribution in [-0.2, 0) is 14.8 Å². The van der Waals surface area contributed by atoms with E-state index in [9.17, 15) is 13.2 Å². The average molecular weight is 326 g/mol. The number of sulfonamides is 1. The van der Waals surface area contributed by atoms with Gasteiger partial charge in [-0.3, -0.25) is 4.79 Å². The number of hydrogen-bond donors (Lipinski definition) is 1. The lowest BCUT2D eigenvalue weighted by Crippen LogP contribution is -2.42. The lowest BCUT2D eigenvalue weighted by molar-refractivity contribution is -0.116. The molecule has 1 aromatic rings. The zero-order valence-corrected chi connectivity index (χ0v) is 14.8. The molecule has 1 rings (SSSR count). The highest BCUT2D eigenvalue weighted by Gasteiger charge is 2.24. The second-order valence-corrected chi connectivity index (χ2v) is 7.83. The number of hydrogen-bond acceptors (Lipinski definition) is 3. The van der Waals surface area contributed by atoms with E-state index < -0.39 is 10.0 Å². The van der Waals surface area contributed by atoms with Gasteiger partial charge in [-0.2, -0.15) is 4.31 Å². The zero-order chi connectivity index (χ0) is 16.9. The largest absolute Gasteiger partial charge is 0.325 e. The average Bonchev–Trinajstić information content (AvgIpc) is 2.43. The van der Waals surface area contributed by atoms with Gasteiger partial charge in [0.15, 0.2) is 0 Å². The Bertz CT molecular complexity index is 594. The molecule has 0 bridgehead atoms. The molecule has 1 unspecified atom stereocenters. The van der Waals surface area contributed by atoms with Gasteiger partial charge in [-0.05, 0) is 37.0 Å². The molecule has 1 aromatic carbocycles. The molecule has 0 radical (unpaired) electrons. The van der Waals surface area contributed by atoms with E-state index >= 15 is 0 Å². The smallest absolute Gasteiger partial charge is 0.239 e. The SMILES string of the molecule is CCC(C)N(CC(=O)Nc1ccc(C(C)C)cc1)S(C)(=O)=O. The quantitative estimate of drug-likeness (QED) is 0.838. The normalized spacial score (nSPS) is 13.4. The van der Waals surface area contributed by atoms with Crippen molar-refractivity contribution in [1.29, 1.82) is 0 Å². The summed E-state index contributed by atoms with van der Waals surface area (Å²) in [7, 11) is -3.41. The molecule has 0 aromatic heterocycles. The molecule has 0 spiro atoms. The minimum Gasteiger partial charge on any atom is -0.325 e. The fourth-order valence-corrected chi connectivity index (χ4v) is 3.25. The molecule has 6 heteroatoms. The Morgan fingerprint density at radius 1 is 1.18 bits per heavy atom. The molecule has 0 aliphatic rings. The third-order valence-electron chi connectivity index (χ3n) is 3.67. The van der Waals surface area contributed by atoms with Crippen LogP contribution in [0, 0.1) is 0 Å². The Hall–Kier alpha value is -1.40. The topological polar surface area (TPSA) is 66.5 Å². The molecule has 1 N–H and O–H groups in total. The van der Waals surface area contributed by atoms with Gasteiger partial charge in [0.1, 0.15) is 0 Å². The summed E-state index contributed by atoms with van der Waals surface area (Å²) >= 11 is 0. The van der Waals surface area contributed by atoms with Crippen molar-refractivity contribution in [3.8, 4) is 0 Å². The van der Waals surface area contributed by atoms with Crippen LogP contribution >= 0.6 is 0 Å². The van der Waals surface area contributed by atoms with Crippen molar-refractivity contribution >= 4 is 21.6 Å². The lowest BCUT2D eigenvalue weighted by Gasteiger charge is -2.25. The standard InChI is InChI=1S/C16H26N2O3S/c1-6-13(4)18(22(5,20)21)11-16(19)17-15-9-7-14(8-10-15)12(2)3/h7-10,12-13H,6,11H2,1-5H3,(H,17,19). The molecule has 0 saturated carbocycles. The predicted octanol–water partition coefficient (Wildman–Crippen LogP) is 2.81. The van der Waals surface area contributed by atoms with E-state index in [1.54, 1.807) is 6.92 Å². The first-order valence-corrected chi connectivity index (χ1v) is 9.36. The Morgan fingerprint density at radius 2 is 1.73 bits per heavy atom. The number of benzene rings is 1. The molecular formula is C16H26N2O3S. The number of rotatable bonds is 7. The molecule has 22 heavy (non-hydrogen) atoms. The van der Waals surface area contributed by atoms with Gasteiger partial charge < -0.3 is 5.32 Å². The number of nitrogens with one attached hydrogen (secondary N) is 1. The van der Waals surface area contributed by atoms with Crippen molar-refractivity contribution in [2.45, 2.75) is 46.1 Å². The Kier molecular flexibility index (Phi) is 6.56. The molecule has 0 heterocycles. The summed E-state index contributed by atoms with van der Waals surface area (Å²) in [5.74, 6) is 0.0962. The van der Waals surface area contributed by atoms with Crippen LogP contribution in [0.2, 0.25) is 0 Å². The summed E-state index contributed by atoms with van der Waals surface area (Å²) < 4.78 is 24.8. The number of carbonyl (C=O) groups is 1. The first-order valence-electron chi connectivity index (χ1n) is 7.51. The maximum absolute atomic E-state index is 12.1. The van der Waals surface area contributed by atoms with Crippen LogP contribution in [0.25, 0.3) is 0 Å². The maximum atomic E-state index is 12.1. The highest BCUT2D eigenvalue weighted by Crippen LogP contribution is 2.17. The van der Waals surface area contributed by atoms with Gasteiger partial charge in [0.05, 0.1) is 12.8 Å². The van der Waals surface area contributed by atoms with Crippen molar-refractivity contribution in [3.05, 3.63) is 29.8 Å². The van der Waals surface area contributed by atoms with Gasteiger partial charge in [-0.25, -0.2) is 8.42 Å². The molecule has 5 nitrogen and oxygen atoms in total. The highest BCUT2D eigenvalue weighted by atomic mass is 32.2. The van der Waals surface area contributed by atoms with Crippen molar-refractivity contribution < 1.29 is 13.2 Å². The summed E-state index contributed by atoms with van der Waals surface area (Å²) in [6, 6.07) is 7.39. The molecular weight excluding hydrogens is 300 g/mol. The maximum Gasteiger partial charge on any atom is 0.239 e. The van der Waals surface area contributed by atoms with Crippen LogP contribution < -0.4 is 5.32 Å². The van der Waals surface area contributed by atoms with Gasteiger partial charge in [-0.15, -0.1) is 0 Å². The molecule has 0 aliphatic heterocycles. The molecule has 0 fully saturated rings. The van der Waals surface area contributed by atoms with Crippen LogP contribution in [0.1, 0.15) is 45.6 Å². The zero-order valence-electron chi connectivity index (χ0n) is 14.0. The first kappa shape index (κ1) is 18.6. The number of amides is 1. The highest BCUT2D eigenvalue weighted by molar-refractivity contribution is 7.88. The van der Waals surface area contributed by atoms with Gasteiger partial charge in [0.2, 0.25) is 15.9 Å². The third-order valence-corrected chi connectivity index (χ3v) is 5.01. The fraction of sp³-hybridized carbons (Fsp3) is 0.562. The molecule has 124 valence electrons. The monoisotopic (exact) mass is 326 g/mol. The second-order valence-electron chi connectivity index (χ2n) is 5.89. The number of nitrogens with zero attached hydrogens (tertiary/aromatic N) is 1. The van der Waals surface area contributed by atoms with Gasteiger partial charge >= 0.3 is 0 Å². The minimum absolute atomic E-state index is 0.167. The van der Waals surface area contributed by atoms with E-state index in [0.29, 0.717) is 18.0 Å². The lowest BCUT2D eigenvalue weighted by atomic mass is 10.0. The van der Waals surface area contributed by atoms with Crippen molar-refractivity contribution in [2.75, 3.05) is 18.1 Å². The van der Waals surface area contributed by atoms with Crippen LogP contribution in [0.5, 0.6) is 0 Å². The summed E-state index contributed by atoms with van der Waals surface area (Å²) in [5.41, 5.74) is 1.86. The Balaban J connectivity index is 2.75. The number of carbonyl (C=O) groups excluding carboxylic acids is 1. The minimum atomic E-state index is -3.41. The van der Waals surface area contributed by atoms with Crippen LogP contribution in [0.15, 0.2) is 24.3 Å². The Labute approximate surface area is 133 Å². The van der Waals surface area contributed by atoms with Gasteiger partial charge in [0.25, 0.3) is 0 Å². The van der Waals surface area contributed by atoms with Gasteiger partial charge in [-0.1, -0.05) is 32.9 Å². The van der Waals surface area contributed by atoms with E-state index in [2.05, 4.69) is 19.2 Å². The van der Waals surface area contributed by atoms with E-state index in [0.717, 1.165) is 6.26 Å².